The molecule has 4 rings (SSSR count). The van der Waals surface area contributed by atoms with Crippen molar-refractivity contribution in [3.8, 4) is 5.75 Å². The van der Waals surface area contributed by atoms with Crippen LogP contribution in [-0.2, 0) is 11.2 Å². The lowest BCUT2D eigenvalue weighted by atomic mass is 9.80. The monoisotopic (exact) mass is 566 g/mol. The van der Waals surface area contributed by atoms with Gasteiger partial charge in [0.1, 0.15) is 11.6 Å². The van der Waals surface area contributed by atoms with Crippen LogP contribution in [0, 0.1) is 29.3 Å². The van der Waals surface area contributed by atoms with Crippen LogP contribution < -0.4 is 4.74 Å². The van der Waals surface area contributed by atoms with Gasteiger partial charge in [-0.3, -0.25) is 9.78 Å². The predicted octanol–water partition coefficient (Wildman–Crippen LogP) is 6.84. The fourth-order valence-corrected chi connectivity index (χ4v) is 6.48. The number of nitrogens with zero attached hydrogens (tertiary/aromatic N) is 2. The molecule has 0 saturated carbocycles. The van der Waals surface area contributed by atoms with E-state index in [0.29, 0.717) is 29.9 Å². The van der Waals surface area contributed by atoms with Crippen molar-refractivity contribution in [3.63, 3.8) is 0 Å². The second kappa shape index (κ2) is 13.0. The summed E-state index contributed by atoms with van der Waals surface area (Å²) >= 11 is 7.56. The molecule has 0 bridgehead atoms. The summed E-state index contributed by atoms with van der Waals surface area (Å²) in [6.07, 6.45) is 5.07. The molecule has 1 saturated heterocycles. The van der Waals surface area contributed by atoms with Crippen molar-refractivity contribution in [2.75, 3.05) is 32.5 Å². The molecule has 2 heterocycles. The van der Waals surface area contributed by atoms with Crippen LogP contribution in [0.15, 0.2) is 41.4 Å². The molecule has 38 heavy (non-hydrogen) atoms. The minimum Gasteiger partial charge on any atom is -0.497 e. The number of carboxylic acid groups (broad SMARTS) is 1. The number of rotatable bonds is 11. The summed E-state index contributed by atoms with van der Waals surface area (Å²) in [5.74, 6) is -2.46. The number of hydrogen-bond donors (Lipinski definition) is 1. The Balaban J connectivity index is 1.34. The number of hydrogen-bond acceptors (Lipinski definition) is 5. The molecule has 10 heteroatoms. The van der Waals surface area contributed by atoms with Gasteiger partial charge in [-0.15, -0.1) is 11.8 Å². The van der Waals surface area contributed by atoms with Gasteiger partial charge in [0, 0.05) is 47.8 Å². The Bertz CT molecular complexity index is 1300. The zero-order valence-electron chi connectivity index (χ0n) is 21.1. The second-order valence-electron chi connectivity index (χ2n) is 9.62. The number of likely N-dealkylation sites (tertiary alicyclic amines) is 1. The van der Waals surface area contributed by atoms with E-state index in [1.807, 2.05) is 18.2 Å². The van der Waals surface area contributed by atoms with Gasteiger partial charge in [-0.1, -0.05) is 11.6 Å². The number of halogens is 4. The molecule has 0 amide bonds. The fourth-order valence-electron chi connectivity index (χ4n) is 5.24. The van der Waals surface area contributed by atoms with E-state index < -0.39 is 23.4 Å². The second-order valence-corrected chi connectivity index (χ2v) is 11.2. The molecule has 1 aliphatic rings. The Morgan fingerprint density at radius 3 is 2.82 bits per heavy atom. The van der Waals surface area contributed by atoms with Crippen molar-refractivity contribution in [1.29, 1.82) is 0 Å². The minimum atomic E-state index is -1.20. The number of aryl methyl sites for hydroxylation is 1. The number of pyridine rings is 1. The Morgan fingerprint density at radius 2 is 2.05 bits per heavy atom. The normalized spacial score (nSPS) is 18.1. The van der Waals surface area contributed by atoms with Crippen molar-refractivity contribution >= 4 is 40.2 Å². The first-order valence-electron chi connectivity index (χ1n) is 12.6. The van der Waals surface area contributed by atoms with Gasteiger partial charge < -0.3 is 14.7 Å². The molecule has 1 fully saturated rings. The molecule has 1 aliphatic heterocycles. The largest absolute Gasteiger partial charge is 0.497 e. The number of methoxy groups -OCH3 is 1. The number of aromatic nitrogens is 1. The van der Waals surface area contributed by atoms with Crippen molar-refractivity contribution in [2.24, 2.45) is 11.8 Å². The Kier molecular flexibility index (Phi) is 9.79. The van der Waals surface area contributed by atoms with Gasteiger partial charge in [-0.05, 0) is 73.9 Å². The van der Waals surface area contributed by atoms with Crippen molar-refractivity contribution < 1.29 is 27.8 Å². The average Bonchev–Trinajstić information content (AvgIpc) is 2.88. The summed E-state index contributed by atoms with van der Waals surface area (Å²) in [5, 5.41) is 11.1. The zero-order valence-corrected chi connectivity index (χ0v) is 22.6. The first-order valence-corrected chi connectivity index (χ1v) is 13.9. The van der Waals surface area contributed by atoms with E-state index in [1.54, 1.807) is 13.3 Å². The van der Waals surface area contributed by atoms with E-state index >= 15 is 0 Å². The van der Waals surface area contributed by atoms with Gasteiger partial charge >= 0.3 is 5.97 Å². The summed E-state index contributed by atoms with van der Waals surface area (Å²) in [7, 11) is 1.62. The van der Waals surface area contributed by atoms with Crippen LogP contribution in [0.1, 0.15) is 31.2 Å². The molecule has 0 radical (unpaired) electrons. The van der Waals surface area contributed by atoms with Crippen LogP contribution in [-0.4, -0.2) is 53.5 Å². The molecule has 0 spiro atoms. The quantitative estimate of drug-likeness (QED) is 0.202. The van der Waals surface area contributed by atoms with E-state index in [2.05, 4.69) is 9.88 Å². The van der Waals surface area contributed by atoms with Gasteiger partial charge in [0.2, 0.25) is 0 Å². The molecule has 5 nitrogen and oxygen atoms in total. The van der Waals surface area contributed by atoms with Crippen LogP contribution in [0.25, 0.3) is 10.9 Å². The third-order valence-electron chi connectivity index (χ3n) is 7.17. The van der Waals surface area contributed by atoms with Crippen LogP contribution in [0.4, 0.5) is 13.2 Å². The molecule has 3 aromatic rings. The Hall–Kier alpha value is -2.49. The van der Waals surface area contributed by atoms with E-state index in [0.717, 1.165) is 72.3 Å². The first-order chi connectivity index (χ1) is 18.2. The molecule has 0 aliphatic carbocycles. The van der Waals surface area contributed by atoms with Gasteiger partial charge in [0.15, 0.2) is 11.6 Å². The predicted molar refractivity (Wildman–Crippen MR) is 144 cm³/mol. The third-order valence-corrected chi connectivity index (χ3v) is 8.49. The highest BCUT2D eigenvalue weighted by molar-refractivity contribution is 7.99. The lowest BCUT2D eigenvalue weighted by Gasteiger charge is -2.38. The summed E-state index contributed by atoms with van der Waals surface area (Å²) in [6.45, 7) is 1.98. The highest BCUT2D eigenvalue weighted by Gasteiger charge is 2.30. The third kappa shape index (κ3) is 7.12. The highest BCUT2D eigenvalue weighted by Crippen LogP contribution is 2.34. The van der Waals surface area contributed by atoms with Gasteiger partial charge in [-0.25, -0.2) is 13.2 Å². The molecule has 2 aromatic carbocycles. The molecule has 2 atom stereocenters. The summed E-state index contributed by atoms with van der Waals surface area (Å²) in [4.78, 5) is 18.1. The maximum atomic E-state index is 13.9. The number of carbonyl (C=O) groups is 1. The van der Waals surface area contributed by atoms with Crippen LogP contribution in [0.3, 0.4) is 0 Å². The molecular weight excluding hydrogens is 537 g/mol. The van der Waals surface area contributed by atoms with Crippen LogP contribution in [0.5, 0.6) is 5.75 Å². The molecular formula is C28H30ClF3N2O3S. The minimum absolute atomic E-state index is 0.0145. The lowest BCUT2D eigenvalue weighted by molar-refractivity contribution is -0.139. The number of benzene rings is 2. The number of aliphatic carboxylic acids is 1. The molecule has 204 valence electrons. The lowest BCUT2D eigenvalue weighted by Crippen LogP contribution is -2.42. The number of carboxylic acids is 1. The summed E-state index contributed by atoms with van der Waals surface area (Å²) in [5.41, 5.74) is 1.86. The fraction of sp³-hybridized carbons (Fsp3) is 0.429. The van der Waals surface area contributed by atoms with E-state index in [-0.39, 0.29) is 23.2 Å². The topological polar surface area (TPSA) is 62.7 Å². The SMILES string of the molecule is COc1ccc2ncc(Cl)c(CCCC3CCN(CCSc4cc(F)cc(F)c4F)CC3CC(=O)O)c2c1. The number of piperidine rings is 1. The molecule has 2 unspecified atom stereocenters. The maximum Gasteiger partial charge on any atom is 0.303 e. The van der Waals surface area contributed by atoms with E-state index in [9.17, 15) is 23.1 Å². The van der Waals surface area contributed by atoms with Crippen LogP contribution in [0.2, 0.25) is 5.02 Å². The van der Waals surface area contributed by atoms with Crippen molar-refractivity contribution in [2.45, 2.75) is 37.0 Å². The van der Waals surface area contributed by atoms with Crippen LogP contribution >= 0.6 is 23.4 Å². The van der Waals surface area contributed by atoms with Crippen molar-refractivity contribution in [1.82, 2.24) is 9.88 Å². The number of ether oxygens (including phenoxy) is 1. The average molecular weight is 567 g/mol. The number of thioether (sulfide) groups is 1. The first kappa shape index (κ1) is 28.5. The maximum absolute atomic E-state index is 13.9. The van der Waals surface area contributed by atoms with E-state index in [1.165, 1.54) is 0 Å². The van der Waals surface area contributed by atoms with Crippen molar-refractivity contribution in [3.05, 3.63) is 64.6 Å². The van der Waals surface area contributed by atoms with Gasteiger partial charge in [0.25, 0.3) is 0 Å². The smallest absolute Gasteiger partial charge is 0.303 e. The Morgan fingerprint density at radius 1 is 1.24 bits per heavy atom. The zero-order chi connectivity index (χ0) is 27.2. The molecule has 1 N–H and O–H groups in total. The molecule has 1 aromatic heterocycles. The summed E-state index contributed by atoms with van der Waals surface area (Å²) < 4.78 is 46.2. The highest BCUT2D eigenvalue weighted by atomic mass is 35.5. The summed E-state index contributed by atoms with van der Waals surface area (Å²) in [6, 6.07) is 7.24. The Labute approximate surface area is 229 Å². The standard InChI is InChI=1S/C28H30ClF3N2O3S/c1-37-20-5-6-25-22(14-20)21(23(29)15-33-25)4-2-3-17-7-8-34(16-18(17)11-27(35)36)9-10-38-26-13-19(30)12-24(31)28(26)32/h5-6,12-15,17-18H,2-4,7-11,16H2,1H3,(H,35,36). The van der Waals surface area contributed by atoms with Gasteiger partial charge in [-0.2, -0.15) is 0 Å². The number of fused-ring (bicyclic) bond motifs is 1. The van der Waals surface area contributed by atoms with Gasteiger partial charge in [0.05, 0.1) is 17.6 Å². The van der Waals surface area contributed by atoms with E-state index in [4.69, 9.17) is 16.3 Å².